The smallest absolute Gasteiger partial charge is 0.252 e. The molecule has 2 N–H and O–H groups in total. The summed E-state index contributed by atoms with van der Waals surface area (Å²) in [4.78, 5) is 12.7. The van der Waals surface area contributed by atoms with Crippen LogP contribution in [0.5, 0.6) is 0 Å². The summed E-state index contributed by atoms with van der Waals surface area (Å²) in [6.45, 7) is 1.82. The fourth-order valence-electron chi connectivity index (χ4n) is 1.87. The van der Waals surface area contributed by atoms with E-state index in [1.54, 1.807) is 43.3 Å². The summed E-state index contributed by atoms with van der Waals surface area (Å²) in [6, 6.07) is 10.1. The molecule has 0 aliphatic heterocycles. The average molecular weight is 307 g/mol. The van der Waals surface area contributed by atoms with Crippen molar-refractivity contribution >= 4 is 16.7 Å². The second-order valence-corrected chi connectivity index (χ2v) is 6.08. The number of aliphatic hydroxyl groups is 1. The molecule has 5 nitrogen and oxygen atoms in total. The van der Waals surface area contributed by atoms with Crippen molar-refractivity contribution in [2.75, 3.05) is 12.3 Å². The molecular formula is C15H17NO4S. The molecule has 0 radical (unpaired) electrons. The Balaban J connectivity index is 2.05. The molecule has 0 spiro atoms. The highest BCUT2D eigenvalue weighted by atomic mass is 32.2. The zero-order valence-electron chi connectivity index (χ0n) is 11.6. The molecule has 6 heteroatoms. The van der Waals surface area contributed by atoms with E-state index < -0.39 is 16.9 Å². The summed E-state index contributed by atoms with van der Waals surface area (Å²) in [5.74, 6) is 0.470. The molecule has 1 heterocycles. The Labute approximate surface area is 125 Å². The number of aliphatic hydroxyl groups excluding tert-OH is 1. The van der Waals surface area contributed by atoms with Gasteiger partial charge in [0, 0.05) is 5.75 Å². The van der Waals surface area contributed by atoms with E-state index in [0.717, 1.165) is 0 Å². The number of amides is 1. The van der Waals surface area contributed by atoms with Gasteiger partial charge in [0.1, 0.15) is 11.9 Å². The molecule has 112 valence electrons. The molecule has 1 amide bonds. The Morgan fingerprint density at radius 3 is 2.76 bits per heavy atom. The summed E-state index contributed by atoms with van der Waals surface area (Å²) in [5.41, 5.74) is 0.365. The molecule has 0 saturated heterocycles. The quantitative estimate of drug-likeness (QED) is 0.854. The molecular weight excluding hydrogens is 290 g/mol. The van der Waals surface area contributed by atoms with Crippen LogP contribution in [0.15, 0.2) is 52.0 Å². The number of rotatable bonds is 6. The Kier molecular flexibility index (Phi) is 5.30. The minimum atomic E-state index is -1.21. The number of nitrogens with one attached hydrogen (secondary N) is 1. The van der Waals surface area contributed by atoms with Crippen LogP contribution in [0.1, 0.15) is 29.1 Å². The minimum absolute atomic E-state index is 0.0272. The Morgan fingerprint density at radius 2 is 2.10 bits per heavy atom. The molecule has 0 saturated carbocycles. The fourth-order valence-corrected chi connectivity index (χ4v) is 2.82. The normalized spacial score (nSPS) is 13.6. The lowest BCUT2D eigenvalue weighted by Gasteiger charge is -2.11. The van der Waals surface area contributed by atoms with Crippen LogP contribution < -0.4 is 5.32 Å². The van der Waals surface area contributed by atoms with Crippen molar-refractivity contribution in [1.82, 2.24) is 5.32 Å². The van der Waals surface area contributed by atoms with Gasteiger partial charge in [-0.25, -0.2) is 0 Å². The second kappa shape index (κ2) is 7.19. The first-order valence-electron chi connectivity index (χ1n) is 6.60. The highest BCUT2D eigenvalue weighted by Crippen LogP contribution is 2.15. The van der Waals surface area contributed by atoms with Gasteiger partial charge in [0.2, 0.25) is 0 Å². The summed E-state index contributed by atoms with van der Waals surface area (Å²) >= 11 is 0. The zero-order chi connectivity index (χ0) is 15.2. The van der Waals surface area contributed by atoms with E-state index >= 15 is 0 Å². The van der Waals surface area contributed by atoms with Crippen LogP contribution in [0.25, 0.3) is 0 Å². The van der Waals surface area contributed by atoms with E-state index in [1.807, 2.05) is 0 Å². The summed E-state index contributed by atoms with van der Waals surface area (Å²) in [5, 5.41) is 12.5. The fraction of sp³-hybridized carbons (Fsp3) is 0.267. The van der Waals surface area contributed by atoms with Gasteiger partial charge in [-0.3, -0.25) is 9.00 Å². The van der Waals surface area contributed by atoms with Gasteiger partial charge in [0.15, 0.2) is 0 Å². The van der Waals surface area contributed by atoms with Gasteiger partial charge < -0.3 is 14.8 Å². The van der Waals surface area contributed by atoms with E-state index in [9.17, 15) is 14.1 Å². The Hall–Kier alpha value is -1.92. The van der Waals surface area contributed by atoms with Crippen LogP contribution in [-0.2, 0) is 10.8 Å². The highest BCUT2D eigenvalue weighted by molar-refractivity contribution is 7.85. The van der Waals surface area contributed by atoms with Crippen molar-refractivity contribution in [2.24, 2.45) is 0 Å². The molecule has 0 fully saturated rings. The molecule has 2 rings (SSSR count). The highest BCUT2D eigenvalue weighted by Gasteiger charge is 2.17. The van der Waals surface area contributed by atoms with Gasteiger partial charge in [0.05, 0.1) is 34.1 Å². The molecule has 0 aliphatic carbocycles. The van der Waals surface area contributed by atoms with E-state index in [0.29, 0.717) is 22.0 Å². The van der Waals surface area contributed by atoms with Gasteiger partial charge >= 0.3 is 0 Å². The standard InChI is InChI=1S/C15H17NO4S/c1-2-21(19)14-8-4-3-6-11(14)15(18)16-10-12(17)13-7-5-9-20-13/h3-9,12,17H,2,10H2,1H3,(H,16,18). The van der Waals surface area contributed by atoms with Crippen LogP contribution >= 0.6 is 0 Å². The van der Waals surface area contributed by atoms with Crippen molar-refractivity contribution in [2.45, 2.75) is 17.9 Å². The third kappa shape index (κ3) is 3.80. The van der Waals surface area contributed by atoms with Gasteiger partial charge in [-0.15, -0.1) is 0 Å². The van der Waals surface area contributed by atoms with Crippen LogP contribution in [0.4, 0.5) is 0 Å². The third-order valence-corrected chi connectivity index (χ3v) is 4.34. The van der Waals surface area contributed by atoms with E-state index in [1.165, 1.54) is 6.26 Å². The van der Waals surface area contributed by atoms with E-state index in [2.05, 4.69) is 5.32 Å². The maximum Gasteiger partial charge on any atom is 0.252 e. The maximum atomic E-state index is 12.2. The van der Waals surface area contributed by atoms with Gasteiger partial charge in [-0.1, -0.05) is 19.1 Å². The van der Waals surface area contributed by atoms with Crippen molar-refractivity contribution < 1.29 is 18.5 Å². The molecule has 2 unspecified atom stereocenters. The van der Waals surface area contributed by atoms with E-state index in [-0.39, 0.29) is 12.5 Å². The third-order valence-electron chi connectivity index (χ3n) is 2.97. The summed E-state index contributed by atoms with van der Waals surface area (Å²) in [7, 11) is -1.21. The molecule has 2 atom stereocenters. The Bertz CT molecular complexity index is 624. The van der Waals surface area contributed by atoms with Crippen molar-refractivity contribution in [3.05, 3.63) is 54.0 Å². The topological polar surface area (TPSA) is 79.5 Å². The van der Waals surface area contributed by atoms with Crippen molar-refractivity contribution in [3.8, 4) is 0 Å². The molecule has 21 heavy (non-hydrogen) atoms. The number of carbonyl (C=O) groups excluding carboxylic acids is 1. The first kappa shape index (κ1) is 15.5. The molecule has 1 aromatic carbocycles. The van der Waals surface area contributed by atoms with Crippen LogP contribution in [0.2, 0.25) is 0 Å². The predicted molar refractivity (Wildman–Crippen MR) is 79.4 cm³/mol. The first-order chi connectivity index (χ1) is 10.1. The predicted octanol–water partition coefficient (Wildman–Crippen LogP) is 1.87. The largest absolute Gasteiger partial charge is 0.467 e. The monoisotopic (exact) mass is 307 g/mol. The number of carbonyl (C=O) groups is 1. The lowest BCUT2D eigenvalue weighted by atomic mass is 10.2. The maximum absolute atomic E-state index is 12.2. The summed E-state index contributed by atoms with van der Waals surface area (Å²) < 4.78 is 17.0. The second-order valence-electron chi connectivity index (χ2n) is 4.37. The van der Waals surface area contributed by atoms with Crippen molar-refractivity contribution in [3.63, 3.8) is 0 Å². The van der Waals surface area contributed by atoms with Crippen LogP contribution in [0, 0.1) is 0 Å². The lowest BCUT2D eigenvalue weighted by molar-refractivity contribution is 0.0898. The number of benzene rings is 1. The zero-order valence-corrected chi connectivity index (χ0v) is 12.4. The first-order valence-corrected chi connectivity index (χ1v) is 7.92. The van der Waals surface area contributed by atoms with Gasteiger partial charge in [-0.05, 0) is 24.3 Å². The molecule has 0 aliphatic rings. The molecule has 0 bridgehead atoms. The minimum Gasteiger partial charge on any atom is -0.467 e. The number of hydrogen-bond acceptors (Lipinski definition) is 4. The van der Waals surface area contributed by atoms with Crippen LogP contribution in [0.3, 0.4) is 0 Å². The SMILES string of the molecule is CCS(=O)c1ccccc1C(=O)NCC(O)c1ccco1. The molecule has 1 aromatic heterocycles. The van der Waals surface area contributed by atoms with E-state index in [4.69, 9.17) is 4.42 Å². The Morgan fingerprint density at radius 1 is 1.33 bits per heavy atom. The lowest BCUT2D eigenvalue weighted by Crippen LogP contribution is -2.29. The van der Waals surface area contributed by atoms with Crippen molar-refractivity contribution in [1.29, 1.82) is 0 Å². The number of furan rings is 1. The van der Waals surface area contributed by atoms with Gasteiger partial charge in [0.25, 0.3) is 5.91 Å². The summed E-state index contributed by atoms with van der Waals surface area (Å²) in [6.07, 6.45) is 0.549. The van der Waals surface area contributed by atoms with Gasteiger partial charge in [-0.2, -0.15) is 0 Å². The number of hydrogen-bond donors (Lipinski definition) is 2. The van der Waals surface area contributed by atoms with Crippen LogP contribution in [-0.4, -0.2) is 27.5 Å². The molecule has 2 aromatic rings. The average Bonchev–Trinajstić information content (AvgIpc) is 3.06.